The van der Waals surface area contributed by atoms with E-state index in [0.29, 0.717) is 17.5 Å². The highest BCUT2D eigenvalue weighted by Gasteiger charge is 2.13. The number of nitrogens with zero attached hydrogens (tertiary/aromatic N) is 1. The molecule has 0 aliphatic heterocycles. The van der Waals surface area contributed by atoms with Gasteiger partial charge in [-0.05, 0) is 30.7 Å². The first-order valence-electron chi connectivity index (χ1n) is 5.61. The van der Waals surface area contributed by atoms with Gasteiger partial charge < -0.3 is 10.5 Å². The SMILES string of the molecule is CCc1cc2cc(C(=O)OC)ccc2n1C(N)=O. The van der Waals surface area contributed by atoms with Crippen molar-refractivity contribution in [3.8, 4) is 0 Å². The van der Waals surface area contributed by atoms with Crippen LogP contribution in [0.5, 0.6) is 0 Å². The molecule has 94 valence electrons. The van der Waals surface area contributed by atoms with Crippen molar-refractivity contribution in [1.29, 1.82) is 0 Å². The van der Waals surface area contributed by atoms with Gasteiger partial charge in [0.1, 0.15) is 0 Å². The van der Waals surface area contributed by atoms with Crippen molar-refractivity contribution in [3.05, 3.63) is 35.5 Å². The van der Waals surface area contributed by atoms with Crippen molar-refractivity contribution < 1.29 is 14.3 Å². The van der Waals surface area contributed by atoms with E-state index in [1.807, 2.05) is 13.0 Å². The third-order valence-corrected chi connectivity index (χ3v) is 2.88. The molecule has 2 N–H and O–H groups in total. The molecule has 1 aromatic heterocycles. The summed E-state index contributed by atoms with van der Waals surface area (Å²) in [4.78, 5) is 22.9. The van der Waals surface area contributed by atoms with Crippen LogP contribution in [0.4, 0.5) is 4.79 Å². The summed E-state index contributed by atoms with van der Waals surface area (Å²) in [6, 6.07) is 6.35. The predicted molar refractivity (Wildman–Crippen MR) is 67.6 cm³/mol. The number of ether oxygens (including phenoxy) is 1. The maximum absolute atomic E-state index is 11.4. The number of carbonyl (C=O) groups is 2. The second kappa shape index (κ2) is 4.52. The van der Waals surface area contributed by atoms with Gasteiger partial charge in [-0.3, -0.25) is 4.57 Å². The van der Waals surface area contributed by atoms with Crippen LogP contribution in [0.2, 0.25) is 0 Å². The summed E-state index contributed by atoms with van der Waals surface area (Å²) in [5.41, 5.74) is 7.33. The molecule has 0 unspecified atom stereocenters. The summed E-state index contributed by atoms with van der Waals surface area (Å²) in [5, 5.41) is 0.800. The number of methoxy groups -OCH3 is 1. The average molecular weight is 246 g/mol. The smallest absolute Gasteiger partial charge is 0.337 e. The third-order valence-electron chi connectivity index (χ3n) is 2.88. The summed E-state index contributed by atoms with van der Waals surface area (Å²) in [6.45, 7) is 1.94. The Labute approximate surface area is 104 Å². The Morgan fingerprint density at radius 3 is 2.61 bits per heavy atom. The van der Waals surface area contributed by atoms with Crippen molar-refractivity contribution >= 4 is 22.9 Å². The van der Waals surface area contributed by atoms with E-state index >= 15 is 0 Å². The van der Waals surface area contributed by atoms with Gasteiger partial charge in [-0.25, -0.2) is 9.59 Å². The third kappa shape index (κ3) is 1.84. The number of esters is 1. The lowest BCUT2D eigenvalue weighted by Crippen LogP contribution is -2.21. The van der Waals surface area contributed by atoms with Gasteiger partial charge in [0, 0.05) is 11.1 Å². The molecule has 0 fully saturated rings. The van der Waals surface area contributed by atoms with E-state index in [4.69, 9.17) is 5.73 Å². The van der Waals surface area contributed by atoms with Gasteiger partial charge >= 0.3 is 12.0 Å². The van der Waals surface area contributed by atoms with Crippen LogP contribution >= 0.6 is 0 Å². The molecule has 0 atom stereocenters. The molecule has 0 bridgehead atoms. The summed E-state index contributed by atoms with van der Waals surface area (Å²) in [6.07, 6.45) is 0.686. The molecule has 1 amide bonds. The number of fused-ring (bicyclic) bond motifs is 1. The van der Waals surface area contributed by atoms with E-state index in [0.717, 1.165) is 11.1 Å². The molecule has 0 spiro atoms. The van der Waals surface area contributed by atoms with Gasteiger partial charge in [-0.1, -0.05) is 6.92 Å². The molecule has 0 radical (unpaired) electrons. The molecule has 2 aromatic rings. The minimum atomic E-state index is -0.521. The maximum Gasteiger partial charge on any atom is 0.337 e. The largest absolute Gasteiger partial charge is 0.465 e. The van der Waals surface area contributed by atoms with Crippen LogP contribution in [0, 0.1) is 0 Å². The van der Waals surface area contributed by atoms with E-state index < -0.39 is 12.0 Å². The highest BCUT2D eigenvalue weighted by Crippen LogP contribution is 2.21. The fraction of sp³-hybridized carbons (Fsp3) is 0.231. The first-order valence-corrected chi connectivity index (χ1v) is 5.61. The van der Waals surface area contributed by atoms with Crippen molar-refractivity contribution in [3.63, 3.8) is 0 Å². The first-order chi connectivity index (χ1) is 8.58. The van der Waals surface area contributed by atoms with Gasteiger partial charge in [-0.15, -0.1) is 0 Å². The van der Waals surface area contributed by atoms with E-state index in [-0.39, 0.29) is 0 Å². The number of primary amides is 1. The number of amides is 1. The van der Waals surface area contributed by atoms with E-state index in [2.05, 4.69) is 4.74 Å². The highest BCUT2D eigenvalue weighted by atomic mass is 16.5. The van der Waals surface area contributed by atoms with Crippen LogP contribution in [0.15, 0.2) is 24.3 Å². The summed E-state index contributed by atoms with van der Waals surface area (Å²) >= 11 is 0. The number of carbonyl (C=O) groups excluding carboxylic acids is 2. The lowest BCUT2D eigenvalue weighted by atomic mass is 10.1. The van der Waals surface area contributed by atoms with Crippen LogP contribution in [0.25, 0.3) is 10.9 Å². The minimum Gasteiger partial charge on any atom is -0.465 e. The van der Waals surface area contributed by atoms with Crippen molar-refractivity contribution in [2.24, 2.45) is 5.73 Å². The lowest BCUT2D eigenvalue weighted by Gasteiger charge is -2.04. The van der Waals surface area contributed by atoms with Crippen LogP contribution < -0.4 is 5.73 Å². The molecule has 1 heterocycles. The summed E-state index contributed by atoms with van der Waals surface area (Å²) in [5.74, 6) is -0.401. The fourth-order valence-corrected chi connectivity index (χ4v) is 2.04. The normalized spacial score (nSPS) is 10.6. The van der Waals surface area contributed by atoms with Crippen molar-refractivity contribution in [2.75, 3.05) is 7.11 Å². The van der Waals surface area contributed by atoms with Crippen LogP contribution in [0.1, 0.15) is 23.0 Å². The van der Waals surface area contributed by atoms with Crippen LogP contribution in [-0.2, 0) is 11.2 Å². The highest BCUT2D eigenvalue weighted by molar-refractivity contribution is 5.98. The van der Waals surface area contributed by atoms with E-state index in [1.54, 1.807) is 18.2 Å². The molecule has 0 saturated heterocycles. The van der Waals surface area contributed by atoms with E-state index in [1.165, 1.54) is 11.7 Å². The predicted octanol–water partition coefficient (Wildman–Crippen LogP) is 1.92. The number of aryl methyl sites for hydroxylation is 1. The molecule has 0 saturated carbocycles. The molecule has 0 aliphatic rings. The number of rotatable bonds is 2. The van der Waals surface area contributed by atoms with Crippen molar-refractivity contribution in [2.45, 2.75) is 13.3 Å². The fourth-order valence-electron chi connectivity index (χ4n) is 2.04. The maximum atomic E-state index is 11.4. The summed E-state index contributed by atoms with van der Waals surface area (Å²) in [7, 11) is 1.33. The molecule has 0 aliphatic carbocycles. The van der Waals surface area contributed by atoms with Crippen LogP contribution in [0.3, 0.4) is 0 Å². The standard InChI is InChI=1S/C13H14N2O3/c1-3-10-7-9-6-8(12(16)18-2)4-5-11(9)15(10)13(14)17/h4-7H,3H2,1-2H3,(H2,14,17). The number of benzene rings is 1. The quantitative estimate of drug-likeness (QED) is 0.822. The lowest BCUT2D eigenvalue weighted by molar-refractivity contribution is 0.0601. The van der Waals surface area contributed by atoms with Gasteiger partial charge in [-0.2, -0.15) is 0 Å². The zero-order valence-electron chi connectivity index (χ0n) is 10.3. The Bertz CT molecular complexity index is 628. The molecular formula is C13H14N2O3. The zero-order valence-corrected chi connectivity index (χ0v) is 10.3. The molecule has 5 nitrogen and oxygen atoms in total. The van der Waals surface area contributed by atoms with Gasteiger partial charge in [0.05, 0.1) is 18.2 Å². The summed E-state index contributed by atoms with van der Waals surface area (Å²) < 4.78 is 6.11. The Morgan fingerprint density at radius 1 is 1.33 bits per heavy atom. The Hall–Kier alpha value is -2.30. The number of hydrogen-bond donors (Lipinski definition) is 1. The van der Waals surface area contributed by atoms with E-state index in [9.17, 15) is 9.59 Å². The van der Waals surface area contributed by atoms with Gasteiger partial charge in [0.2, 0.25) is 0 Å². The molecule has 5 heteroatoms. The second-order valence-corrected chi connectivity index (χ2v) is 3.93. The average Bonchev–Trinajstić information content (AvgIpc) is 2.74. The van der Waals surface area contributed by atoms with Crippen molar-refractivity contribution in [1.82, 2.24) is 4.57 Å². The number of hydrogen-bond acceptors (Lipinski definition) is 3. The first kappa shape index (κ1) is 12.2. The second-order valence-electron chi connectivity index (χ2n) is 3.93. The topological polar surface area (TPSA) is 74.3 Å². The monoisotopic (exact) mass is 246 g/mol. The van der Waals surface area contributed by atoms with Gasteiger partial charge in [0.15, 0.2) is 0 Å². The number of nitrogens with two attached hydrogens (primary N) is 1. The Kier molecular flexibility index (Phi) is 3.06. The zero-order chi connectivity index (χ0) is 13.3. The molecule has 1 aromatic carbocycles. The molecule has 18 heavy (non-hydrogen) atoms. The van der Waals surface area contributed by atoms with Crippen LogP contribution in [-0.4, -0.2) is 23.7 Å². The molecule has 2 rings (SSSR count). The Morgan fingerprint density at radius 2 is 2.06 bits per heavy atom. The Balaban J connectivity index is 2.66. The molecular weight excluding hydrogens is 232 g/mol. The minimum absolute atomic E-state index is 0.401. The number of aromatic nitrogens is 1. The van der Waals surface area contributed by atoms with Gasteiger partial charge in [0.25, 0.3) is 0 Å².